The number of hydrogen-bond acceptors (Lipinski definition) is 5. The van der Waals surface area contributed by atoms with Crippen LogP contribution < -0.4 is 10.1 Å². The van der Waals surface area contributed by atoms with Crippen LogP contribution in [0.4, 0.5) is 5.69 Å². The molecule has 2 amide bonds. The van der Waals surface area contributed by atoms with Crippen molar-refractivity contribution in [2.45, 2.75) is 25.9 Å². The van der Waals surface area contributed by atoms with E-state index in [4.69, 9.17) is 20.8 Å². The molecule has 3 aromatic rings. The van der Waals surface area contributed by atoms with Gasteiger partial charge < -0.3 is 19.4 Å². The number of halogens is 1. The van der Waals surface area contributed by atoms with Crippen LogP contribution in [-0.4, -0.2) is 39.6 Å². The maximum atomic E-state index is 12.9. The molecule has 1 aliphatic heterocycles. The van der Waals surface area contributed by atoms with Crippen molar-refractivity contribution in [1.29, 1.82) is 0 Å². The fraction of sp³-hybridized carbons (Fsp3) is 0.318. The average molecular weight is 443 g/mol. The van der Waals surface area contributed by atoms with E-state index >= 15 is 0 Å². The molecule has 8 nitrogen and oxygen atoms in total. The van der Waals surface area contributed by atoms with Gasteiger partial charge in [0, 0.05) is 25.2 Å². The number of likely N-dealkylation sites (tertiary alicyclic amines) is 1. The molecule has 0 atom stereocenters. The van der Waals surface area contributed by atoms with Gasteiger partial charge in [0.25, 0.3) is 11.8 Å². The monoisotopic (exact) mass is 442 g/mol. The fourth-order valence-electron chi connectivity index (χ4n) is 3.48. The van der Waals surface area contributed by atoms with Crippen LogP contribution in [-0.2, 0) is 13.7 Å². The summed E-state index contributed by atoms with van der Waals surface area (Å²) in [5, 5.41) is 7.51. The zero-order valence-corrected chi connectivity index (χ0v) is 17.9. The molecule has 2 aromatic heterocycles. The number of carbonyl (C=O) groups excluding carboxylic acids is 2. The van der Waals surface area contributed by atoms with Crippen LogP contribution in [0.5, 0.6) is 5.75 Å². The Bertz CT molecular complexity index is 1070. The number of nitrogens with one attached hydrogen (secondary N) is 1. The van der Waals surface area contributed by atoms with E-state index in [1.54, 1.807) is 48.3 Å². The van der Waals surface area contributed by atoms with Crippen LogP contribution in [0.3, 0.4) is 0 Å². The fourth-order valence-corrected chi connectivity index (χ4v) is 3.60. The molecule has 31 heavy (non-hydrogen) atoms. The van der Waals surface area contributed by atoms with Gasteiger partial charge in [0.05, 0.1) is 11.9 Å². The zero-order valence-electron chi connectivity index (χ0n) is 17.1. The Labute approximate surface area is 184 Å². The number of hydrogen-bond donors (Lipinski definition) is 1. The van der Waals surface area contributed by atoms with Gasteiger partial charge in [0.2, 0.25) is 0 Å². The second-order valence-electron chi connectivity index (χ2n) is 7.35. The van der Waals surface area contributed by atoms with Gasteiger partial charge in [0.1, 0.15) is 23.8 Å². The molecule has 162 valence electrons. The van der Waals surface area contributed by atoms with Crippen molar-refractivity contribution in [2.75, 3.05) is 18.4 Å². The number of aromatic nitrogens is 2. The lowest BCUT2D eigenvalue weighted by molar-refractivity contribution is 0.0714. The quantitative estimate of drug-likeness (QED) is 0.620. The molecule has 1 aliphatic rings. The number of nitrogens with zero attached hydrogens (tertiary/aromatic N) is 3. The van der Waals surface area contributed by atoms with Gasteiger partial charge in [-0.1, -0.05) is 11.6 Å². The molecule has 9 heteroatoms. The summed E-state index contributed by atoms with van der Waals surface area (Å²) in [6.45, 7) is 1.60. The first kappa shape index (κ1) is 21.0. The number of ether oxygens (including phenoxy) is 1. The van der Waals surface area contributed by atoms with Crippen LogP contribution >= 0.6 is 11.6 Å². The average Bonchev–Trinajstić information content (AvgIpc) is 3.40. The van der Waals surface area contributed by atoms with E-state index in [0.717, 1.165) is 19.3 Å². The standard InChI is InChI=1S/C22H23ClN4O4/c1-26-20(22(29)27-11-3-2-4-12-27)18(13-24-26)25-21(28)19-10-9-17(31-19)14-30-16-7-5-15(23)6-8-16/h5-10,13H,2-4,11-12,14H2,1H3,(H,25,28). The number of rotatable bonds is 6. The Morgan fingerprint density at radius 3 is 2.61 bits per heavy atom. The van der Waals surface area contributed by atoms with Crippen LogP contribution in [0.1, 0.15) is 46.1 Å². The Balaban J connectivity index is 1.41. The molecule has 0 saturated carbocycles. The van der Waals surface area contributed by atoms with Gasteiger partial charge in [0.15, 0.2) is 5.76 Å². The van der Waals surface area contributed by atoms with Crippen LogP contribution in [0.2, 0.25) is 5.02 Å². The van der Waals surface area contributed by atoms with E-state index in [1.165, 1.54) is 10.9 Å². The Kier molecular flexibility index (Phi) is 6.27. The van der Waals surface area contributed by atoms with Crippen LogP contribution in [0.25, 0.3) is 0 Å². The van der Waals surface area contributed by atoms with Crippen molar-refractivity contribution < 1.29 is 18.7 Å². The highest BCUT2D eigenvalue weighted by molar-refractivity contribution is 6.30. The predicted octanol–water partition coefficient (Wildman–Crippen LogP) is 4.12. The summed E-state index contributed by atoms with van der Waals surface area (Å²) in [6, 6.07) is 10.2. The molecule has 3 heterocycles. The predicted molar refractivity (Wildman–Crippen MR) is 115 cm³/mol. The maximum Gasteiger partial charge on any atom is 0.291 e. The van der Waals surface area contributed by atoms with Crippen molar-refractivity contribution in [3.05, 3.63) is 64.8 Å². The molecule has 1 saturated heterocycles. The molecular weight excluding hydrogens is 420 g/mol. The normalized spacial score (nSPS) is 13.8. The van der Waals surface area contributed by atoms with Crippen LogP contribution in [0, 0.1) is 0 Å². The van der Waals surface area contributed by atoms with Crippen molar-refractivity contribution in [2.24, 2.45) is 7.05 Å². The number of aryl methyl sites for hydroxylation is 1. The summed E-state index contributed by atoms with van der Waals surface area (Å²) in [7, 11) is 1.69. The molecule has 1 fully saturated rings. The van der Waals surface area contributed by atoms with Gasteiger partial charge >= 0.3 is 0 Å². The third kappa shape index (κ3) is 4.91. The van der Waals surface area contributed by atoms with E-state index in [2.05, 4.69) is 10.4 Å². The van der Waals surface area contributed by atoms with Crippen LogP contribution in [0.15, 0.2) is 47.0 Å². The molecule has 4 rings (SSSR count). The van der Waals surface area contributed by atoms with Gasteiger partial charge in [-0.3, -0.25) is 14.3 Å². The first-order valence-corrected chi connectivity index (χ1v) is 10.5. The van der Waals surface area contributed by atoms with Gasteiger partial charge in [-0.05, 0) is 55.7 Å². The lowest BCUT2D eigenvalue weighted by atomic mass is 10.1. The number of carbonyl (C=O) groups is 2. The topological polar surface area (TPSA) is 89.6 Å². The smallest absolute Gasteiger partial charge is 0.291 e. The lowest BCUT2D eigenvalue weighted by Gasteiger charge is -2.27. The molecule has 1 aromatic carbocycles. The van der Waals surface area contributed by atoms with E-state index in [0.29, 0.717) is 41.0 Å². The first-order valence-electron chi connectivity index (χ1n) is 10.1. The number of anilines is 1. The molecule has 0 unspecified atom stereocenters. The minimum absolute atomic E-state index is 0.120. The van der Waals surface area contributed by atoms with Gasteiger partial charge in [-0.25, -0.2) is 0 Å². The molecule has 0 spiro atoms. The van der Waals surface area contributed by atoms with Crippen molar-refractivity contribution >= 4 is 29.1 Å². The van der Waals surface area contributed by atoms with E-state index in [1.807, 2.05) is 0 Å². The number of piperidine rings is 1. The largest absolute Gasteiger partial charge is 0.486 e. The second kappa shape index (κ2) is 9.26. The Hall–Kier alpha value is -3.26. The van der Waals surface area contributed by atoms with Crippen molar-refractivity contribution in [3.63, 3.8) is 0 Å². The molecule has 0 radical (unpaired) electrons. The SMILES string of the molecule is Cn1ncc(NC(=O)c2ccc(COc3ccc(Cl)cc3)o2)c1C(=O)N1CCCCC1. The maximum absolute atomic E-state index is 12.9. The number of benzene rings is 1. The summed E-state index contributed by atoms with van der Waals surface area (Å²) >= 11 is 5.86. The summed E-state index contributed by atoms with van der Waals surface area (Å²) in [4.78, 5) is 27.4. The van der Waals surface area contributed by atoms with E-state index < -0.39 is 5.91 Å². The summed E-state index contributed by atoms with van der Waals surface area (Å²) in [5.41, 5.74) is 0.714. The molecule has 0 bridgehead atoms. The van der Waals surface area contributed by atoms with Crippen molar-refractivity contribution in [3.8, 4) is 5.75 Å². The number of amides is 2. The van der Waals surface area contributed by atoms with E-state index in [9.17, 15) is 9.59 Å². The first-order chi connectivity index (χ1) is 15.0. The Morgan fingerprint density at radius 2 is 1.87 bits per heavy atom. The second-order valence-corrected chi connectivity index (χ2v) is 7.78. The lowest BCUT2D eigenvalue weighted by Crippen LogP contribution is -2.37. The minimum Gasteiger partial charge on any atom is -0.486 e. The highest BCUT2D eigenvalue weighted by Gasteiger charge is 2.25. The summed E-state index contributed by atoms with van der Waals surface area (Å²) in [5.74, 6) is 0.666. The Morgan fingerprint density at radius 1 is 1.13 bits per heavy atom. The molecular formula is C22H23ClN4O4. The molecule has 0 aliphatic carbocycles. The third-order valence-corrected chi connectivity index (χ3v) is 5.36. The highest BCUT2D eigenvalue weighted by Crippen LogP contribution is 2.21. The highest BCUT2D eigenvalue weighted by atomic mass is 35.5. The summed E-state index contributed by atoms with van der Waals surface area (Å²) < 4.78 is 12.7. The summed E-state index contributed by atoms with van der Waals surface area (Å²) in [6.07, 6.45) is 4.57. The van der Waals surface area contributed by atoms with Gasteiger partial charge in [-0.15, -0.1) is 0 Å². The van der Waals surface area contributed by atoms with Gasteiger partial charge in [-0.2, -0.15) is 5.10 Å². The molecule has 1 N–H and O–H groups in total. The van der Waals surface area contributed by atoms with Crippen molar-refractivity contribution in [1.82, 2.24) is 14.7 Å². The minimum atomic E-state index is -0.460. The number of furan rings is 1. The third-order valence-electron chi connectivity index (χ3n) is 5.11. The zero-order chi connectivity index (χ0) is 21.8. The van der Waals surface area contributed by atoms with E-state index in [-0.39, 0.29) is 18.3 Å².